The van der Waals surface area contributed by atoms with Crippen molar-refractivity contribution in [2.24, 2.45) is 0 Å². The zero-order valence-electron chi connectivity index (χ0n) is 12.4. The number of rotatable bonds is 8. The summed E-state index contributed by atoms with van der Waals surface area (Å²) in [6.45, 7) is 3.80. The maximum Gasteiger partial charge on any atom is 0.120 e. The van der Waals surface area contributed by atoms with E-state index < -0.39 is 0 Å². The van der Waals surface area contributed by atoms with Crippen molar-refractivity contribution in [2.45, 2.75) is 25.8 Å². The molecule has 2 aromatic rings. The molecule has 112 valence electrons. The first-order valence-corrected chi connectivity index (χ1v) is 7.81. The molecule has 0 aliphatic rings. The molecule has 0 amide bonds. The number of nitrogens with one attached hydrogen (secondary N) is 1. The Bertz CT molecular complexity index is 530. The van der Waals surface area contributed by atoms with Crippen molar-refractivity contribution >= 4 is 11.6 Å². The molecule has 21 heavy (non-hydrogen) atoms. The van der Waals surface area contributed by atoms with Crippen LogP contribution in [0, 0.1) is 0 Å². The van der Waals surface area contributed by atoms with Crippen molar-refractivity contribution < 1.29 is 4.74 Å². The van der Waals surface area contributed by atoms with E-state index in [1.807, 2.05) is 30.3 Å². The van der Waals surface area contributed by atoms with Gasteiger partial charge in [0, 0.05) is 11.1 Å². The smallest absolute Gasteiger partial charge is 0.120 e. The summed E-state index contributed by atoms with van der Waals surface area (Å²) in [5.41, 5.74) is 1.32. The van der Waals surface area contributed by atoms with Gasteiger partial charge in [0.1, 0.15) is 12.4 Å². The zero-order chi connectivity index (χ0) is 14.9. The highest BCUT2D eigenvalue weighted by Gasteiger charge is 2.10. The summed E-state index contributed by atoms with van der Waals surface area (Å²) in [5, 5.41) is 4.25. The first-order valence-electron chi connectivity index (χ1n) is 7.43. The Kier molecular flexibility index (Phi) is 6.58. The molecule has 2 rings (SSSR count). The number of hydrogen-bond acceptors (Lipinski definition) is 2. The van der Waals surface area contributed by atoms with Crippen LogP contribution in [0.1, 0.15) is 18.9 Å². The van der Waals surface area contributed by atoms with Crippen LogP contribution in [-0.2, 0) is 6.42 Å². The van der Waals surface area contributed by atoms with Crippen molar-refractivity contribution in [2.75, 3.05) is 13.2 Å². The number of ether oxygens (including phenoxy) is 1. The van der Waals surface area contributed by atoms with Crippen LogP contribution in [0.5, 0.6) is 5.75 Å². The van der Waals surface area contributed by atoms with Crippen molar-refractivity contribution in [1.82, 2.24) is 5.32 Å². The second kappa shape index (κ2) is 8.71. The van der Waals surface area contributed by atoms with Gasteiger partial charge in [-0.05, 0) is 43.1 Å². The Labute approximate surface area is 132 Å². The van der Waals surface area contributed by atoms with E-state index in [0.29, 0.717) is 17.7 Å². The molecule has 3 heteroatoms. The quantitative estimate of drug-likeness (QED) is 0.784. The van der Waals surface area contributed by atoms with E-state index >= 15 is 0 Å². The Morgan fingerprint density at radius 3 is 2.62 bits per heavy atom. The van der Waals surface area contributed by atoms with Gasteiger partial charge >= 0.3 is 0 Å². The van der Waals surface area contributed by atoms with Crippen LogP contribution in [0.25, 0.3) is 0 Å². The van der Waals surface area contributed by atoms with Crippen molar-refractivity contribution in [1.29, 1.82) is 0 Å². The lowest BCUT2D eigenvalue weighted by Gasteiger charge is -2.19. The van der Waals surface area contributed by atoms with E-state index in [1.54, 1.807) is 0 Å². The number of benzene rings is 2. The topological polar surface area (TPSA) is 21.3 Å². The molecule has 0 aromatic heterocycles. The zero-order valence-corrected chi connectivity index (χ0v) is 13.1. The van der Waals surface area contributed by atoms with Gasteiger partial charge in [-0.2, -0.15) is 0 Å². The summed E-state index contributed by atoms with van der Waals surface area (Å²) < 4.78 is 5.87. The molecular weight excluding hydrogens is 282 g/mol. The SMILES string of the molecule is CCCNC(COc1cccc(Cl)c1)Cc1ccccc1. The van der Waals surface area contributed by atoms with E-state index in [1.165, 1.54) is 5.56 Å². The van der Waals surface area contributed by atoms with Crippen molar-refractivity contribution in [3.05, 3.63) is 65.2 Å². The Balaban J connectivity index is 1.92. The lowest BCUT2D eigenvalue weighted by molar-refractivity contribution is 0.263. The van der Waals surface area contributed by atoms with E-state index in [0.717, 1.165) is 25.1 Å². The third kappa shape index (κ3) is 5.78. The third-order valence-corrected chi connectivity index (χ3v) is 3.49. The first kappa shape index (κ1) is 15.9. The minimum Gasteiger partial charge on any atom is -0.492 e. The highest BCUT2D eigenvalue weighted by molar-refractivity contribution is 6.30. The van der Waals surface area contributed by atoms with E-state index in [-0.39, 0.29) is 0 Å². The standard InChI is InChI=1S/C18H22ClNO/c1-2-11-20-17(12-15-7-4-3-5-8-15)14-21-18-10-6-9-16(19)13-18/h3-10,13,17,20H,2,11-12,14H2,1H3. The molecule has 0 heterocycles. The van der Waals surface area contributed by atoms with Gasteiger partial charge in [-0.3, -0.25) is 0 Å². The molecule has 2 nitrogen and oxygen atoms in total. The van der Waals surface area contributed by atoms with Gasteiger partial charge in [0.05, 0.1) is 0 Å². The average molecular weight is 304 g/mol. The predicted molar refractivity (Wildman–Crippen MR) is 89.2 cm³/mol. The number of halogens is 1. The summed E-state index contributed by atoms with van der Waals surface area (Å²) in [7, 11) is 0. The second-order valence-electron chi connectivity index (χ2n) is 5.11. The molecule has 0 aliphatic carbocycles. The third-order valence-electron chi connectivity index (χ3n) is 3.26. The highest BCUT2D eigenvalue weighted by Crippen LogP contribution is 2.17. The fraction of sp³-hybridized carbons (Fsp3) is 0.333. The predicted octanol–water partition coefficient (Wildman–Crippen LogP) is 4.33. The largest absolute Gasteiger partial charge is 0.492 e. The van der Waals surface area contributed by atoms with Gasteiger partial charge < -0.3 is 10.1 Å². The van der Waals surface area contributed by atoms with E-state index in [9.17, 15) is 0 Å². The van der Waals surface area contributed by atoms with Gasteiger partial charge in [0.2, 0.25) is 0 Å². The van der Waals surface area contributed by atoms with Crippen molar-refractivity contribution in [3.8, 4) is 5.75 Å². The molecule has 0 radical (unpaired) electrons. The van der Waals surface area contributed by atoms with Crippen LogP contribution in [0.15, 0.2) is 54.6 Å². The average Bonchev–Trinajstić information content (AvgIpc) is 2.51. The molecular formula is C18H22ClNO. The molecule has 0 fully saturated rings. The molecule has 2 aromatic carbocycles. The molecule has 1 unspecified atom stereocenters. The van der Waals surface area contributed by atoms with Gasteiger partial charge in [-0.25, -0.2) is 0 Å². The second-order valence-corrected chi connectivity index (χ2v) is 5.55. The Morgan fingerprint density at radius 2 is 1.90 bits per heavy atom. The maximum absolute atomic E-state index is 5.98. The summed E-state index contributed by atoms with van der Waals surface area (Å²) in [6.07, 6.45) is 2.07. The summed E-state index contributed by atoms with van der Waals surface area (Å²) in [5.74, 6) is 0.818. The molecule has 1 N–H and O–H groups in total. The van der Waals surface area contributed by atoms with Crippen LogP contribution in [-0.4, -0.2) is 19.2 Å². The molecule has 1 atom stereocenters. The monoisotopic (exact) mass is 303 g/mol. The molecule has 0 aliphatic heterocycles. The first-order chi connectivity index (χ1) is 10.3. The molecule has 0 spiro atoms. The Hall–Kier alpha value is -1.51. The normalized spacial score (nSPS) is 12.1. The Morgan fingerprint density at radius 1 is 1.10 bits per heavy atom. The van der Waals surface area contributed by atoms with E-state index in [4.69, 9.17) is 16.3 Å². The fourth-order valence-corrected chi connectivity index (χ4v) is 2.37. The fourth-order valence-electron chi connectivity index (χ4n) is 2.19. The van der Waals surface area contributed by atoms with Gasteiger partial charge in [-0.1, -0.05) is 54.9 Å². The number of hydrogen-bond donors (Lipinski definition) is 1. The molecule has 0 saturated heterocycles. The van der Waals surface area contributed by atoms with E-state index in [2.05, 4.69) is 36.5 Å². The van der Waals surface area contributed by atoms with Gasteiger partial charge in [-0.15, -0.1) is 0 Å². The van der Waals surface area contributed by atoms with Crippen LogP contribution in [0.3, 0.4) is 0 Å². The molecule has 0 saturated carbocycles. The lowest BCUT2D eigenvalue weighted by atomic mass is 10.1. The van der Waals surface area contributed by atoms with Gasteiger partial charge in [0.15, 0.2) is 0 Å². The van der Waals surface area contributed by atoms with Crippen LogP contribution in [0.4, 0.5) is 0 Å². The molecule has 0 bridgehead atoms. The minimum absolute atomic E-state index is 0.298. The minimum atomic E-state index is 0.298. The van der Waals surface area contributed by atoms with Gasteiger partial charge in [0.25, 0.3) is 0 Å². The van der Waals surface area contributed by atoms with Crippen LogP contribution < -0.4 is 10.1 Å². The van der Waals surface area contributed by atoms with Crippen LogP contribution in [0.2, 0.25) is 5.02 Å². The summed E-state index contributed by atoms with van der Waals surface area (Å²) in [4.78, 5) is 0. The summed E-state index contributed by atoms with van der Waals surface area (Å²) in [6, 6.07) is 18.3. The van der Waals surface area contributed by atoms with Crippen molar-refractivity contribution in [3.63, 3.8) is 0 Å². The van der Waals surface area contributed by atoms with Crippen LogP contribution >= 0.6 is 11.6 Å². The highest BCUT2D eigenvalue weighted by atomic mass is 35.5. The summed E-state index contributed by atoms with van der Waals surface area (Å²) >= 11 is 5.98. The maximum atomic E-state index is 5.98. The lowest BCUT2D eigenvalue weighted by Crippen LogP contribution is -2.37.